The van der Waals surface area contributed by atoms with Crippen LogP contribution in [0.1, 0.15) is 25.7 Å². The fourth-order valence-electron chi connectivity index (χ4n) is 2.87. The van der Waals surface area contributed by atoms with Crippen LogP contribution in [-0.2, 0) is 0 Å². The van der Waals surface area contributed by atoms with Crippen molar-refractivity contribution in [2.45, 2.75) is 31.7 Å². The van der Waals surface area contributed by atoms with E-state index in [2.05, 4.69) is 4.90 Å². The van der Waals surface area contributed by atoms with Gasteiger partial charge in [0, 0.05) is 19.1 Å². The van der Waals surface area contributed by atoms with Gasteiger partial charge in [0.25, 0.3) is 0 Å². The maximum atomic E-state index is 5.85. The number of ether oxygens (including phenoxy) is 2. The maximum Gasteiger partial charge on any atom is 0.161 e. The monoisotopic (exact) mass is 308 g/mol. The van der Waals surface area contributed by atoms with Crippen molar-refractivity contribution in [3.05, 3.63) is 24.3 Å². The first-order valence-corrected chi connectivity index (χ1v) is 7.89. The Labute approximate surface area is 132 Å². The molecule has 116 valence electrons. The lowest BCUT2D eigenvalue weighted by Crippen LogP contribution is -2.41. The summed E-state index contributed by atoms with van der Waals surface area (Å²) in [7, 11) is 1.65. The summed E-state index contributed by atoms with van der Waals surface area (Å²) in [6.07, 6.45) is 5.06. The zero-order valence-electron chi connectivity index (χ0n) is 12.6. The lowest BCUT2D eigenvalue weighted by Gasteiger charge is -2.28. The summed E-state index contributed by atoms with van der Waals surface area (Å²) >= 11 is 5.07. The third-order valence-corrected chi connectivity index (χ3v) is 4.03. The fourth-order valence-corrected chi connectivity index (χ4v) is 3.04. The van der Waals surface area contributed by atoms with E-state index in [1.54, 1.807) is 7.11 Å². The summed E-state index contributed by atoms with van der Waals surface area (Å²) in [5.41, 5.74) is 5.72. The smallest absolute Gasteiger partial charge is 0.161 e. The molecule has 21 heavy (non-hydrogen) atoms. The maximum absolute atomic E-state index is 5.85. The Kier molecular flexibility index (Phi) is 6.26. The van der Waals surface area contributed by atoms with Gasteiger partial charge in [-0.3, -0.25) is 4.90 Å². The predicted octanol–water partition coefficient (Wildman–Crippen LogP) is 2.60. The predicted molar refractivity (Wildman–Crippen MR) is 89.1 cm³/mol. The highest BCUT2D eigenvalue weighted by Crippen LogP contribution is 2.26. The van der Waals surface area contributed by atoms with Gasteiger partial charge in [0.15, 0.2) is 11.5 Å². The first-order valence-electron chi connectivity index (χ1n) is 7.49. The molecule has 1 fully saturated rings. The molecule has 1 saturated carbocycles. The van der Waals surface area contributed by atoms with Crippen molar-refractivity contribution in [1.29, 1.82) is 0 Å². The topological polar surface area (TPSA) is 47.7 Å². The molecule has 1 aromatic rings. The molecule has 0 unspecified atom stereocenters. The number of thiocarbonyl (C=S) groups is 1. The summed E-state index contributed by atoms with van der Waals surface area (Å²) in [5, 5.41) is 0. The highest BCUT2D eigenvalue weighted by Gasteiger charge is 2.22. The van der Waals surface area contributed by atoms with Crippen molar-refractivity contribution in [3.63, 3.8) is 0 Å². The quantitative estimate of drug-likeness (QED) is 0.748. The number of nitrogens with two attached hydrogens (primary N) is 1. The van der Waals surface area contributed by atoms with Gasteiger partial charge >= 0.3 is 0 Å². The van der Waals surface area contributed by atoms with Gasteiger partial charge in [-0.05, 0) is 25.0 Å². The minimum absolute atomic E-state index is 0.555. The fraction of sp³-hybridized carbons (Fsp3) is 0.562. The minimum atomic E-state index is 0.555. The first-order chi connectivity index (χ1) is 10.2. The van der Waals surface area contributed by atoms with Gasteiger partial charge in [0.2, 0.25) is 0 Å². The lowest BCUT2D eigenvalue weighted by atomic mass is 10.2. The van der Waals surface area contributed by atoms with Gasteiger partial charge < -0.3 is 15.2 Å². The molecule has 5 heteroatoms. The van der Waals surface area contributed by atoms with Gasteiger partial charge in [-0.25, -0.2) is 0 Å². The van der Waals surface area contributed by atoms with Crippen LogP contribution >= 0.6 is 12.2 Å². The zero-order valence-corrected chi connectivity index (χ0v) is 13.4. The van der Waals surface area contributed by atoms with E-state index < -0.39 is 0 Å². The van der Waals surface area contributed by atoms with Crippen LogP contribution in [-0.4, -0.2) is 42.7 Å². The van der Waals surface area contributed by atoms with Crippen LogP contribution in [0.3, 0.4) is 0 Å². The second kappa shape index (κ2) is 8.20. The van der Waals surface area contributed by atoms with Crippen LogP contribution < -0.4 is 15.2 Å². The average molecular weight is 308 g/mol. The van der Waals surface area contributed by atoms with Crippen LogP contribution in [0.2, 0.25) is 0 Å². The van der Waals surface area contributed by atoms with Gasteiger partial charge in [-0.2, -0.15) is 0 Å². The molecule has 0 spiro atoms. The molecule has 4 nitrogen and oxygen atoms in total. The normalized spacial score (nSPS) is 15.3. The van der Waals surface area contributed by atoms with Crippen LogP contribution in [0.25, 0.3) is 0 Å². The average Bonchev–Trinajstić information content (AvgIpc) is 3.00. The van der Waals surface area contributed by atoms with Gasteiger partial charge in [-0.15, -0.1) is 0 Å². The Balaban J connectivity index is 1.87. The summed E-state index contributed by atoms with van der Waals surface area (Å²) in [6, 6.07) is 8.30. The Morgan fingerprint density at radius 2 is 1.95 bits per heavy atom. The Morgan fingerprint density at radius 1 is 1.29 bits per heavy atom. The van der Waals surface area contributed by atoms with Gasteiger partial charge in [0.05, 0.1) is 12.1 Å². The van der Waals surface area contributed by atoms with E-state index >= 15 is 0 Å². The molecular weight excluding hydrogens is 284 g/mol. The molecule has 1 aliphatic rings. The van der Waals surface area contributed by atoms with Crippen LogP contribution in [0.15, 0.2) is 24.3 Å². The molecule has 0 saturated heterocycles. The van der Waals surface area contributed by atoms with E-state index in [0.717, 1.165) is 18.0 Å². The number of para-hydroxylation sites is 2. The molecule has 1 aromatic carbocycles. The number of hydrogen-bond donors (Lipinski definition) is 1. The Morgan fingerprint density at radius 3 is 2.57 bits per heavy atom. The van der Waals surface area contributed by atoms with Gasteiger partial charge in [0.1, 0.15) is 6.61 Å². The third kappa shape index (κ3) is 4.86. The molecular formula is C16H24N2O2S. The second-order valence-electron chi connectivity index (χ2n) is 5.37. The summed E-state index contributed by atoms with van der Waals surface area (Å²) in [6.45, 7) is 2.12. The van der Waals surface area contributed by atoms with E-state index in [1.807, 2.05) is 24.3 Å². The highest BCUT2D eigenvalue weighted by molar-refractivity contribution is 7.80. The SMILES string of the molecule is COc1ccccc1OCCN(CC(N)=S)C1CCCC1. The van der Waals surface area contributed by atoms with Crippen molar-refractivity contribution in [2.75, 3.05) is 26.8 Å². The van der Waals surface area contributed by atoms with E-state index in [9.17, 15) is 0 Å². The zero-order chi connectivity index (χ0) is 15.1. The van der Waals surface area contributed by atoms with Crippen molar-refractivity contribution in [3.8, 4) is 11.5 Å². The van der Waals surface area contributed by atoms with Crippen molar-refractivity contribution < 1.29 is 9.47 Å². The second-order valence-corrected chi connectivity index (χ2v) is 5.90. The van der Waals surface area contributed by atoms with E-state index in [1.165, 1.54) is 25.7 Å². The minimum Gasteiger partial charge on any atom is -0.493 e. The highest BCUT2D eigenvalue weighted by atomic mass is 32.1. The number of hydrogen-bond acceptors (Lipinski definition) is 4. The number of benzene rings is 1. The molecule has 2 rings (SSSR count). The van der Waals surface area contributed by atoms with Crippen molar-refractivity contribution >= 4 is 17.2 Å². The van der Waals surface area contributed by atoms with E-state index in [4.69, 9.17) is 27.4 Å². The Bertz CT molecular complexity index is 461. The van der Waals surface area contributed by atoms with Crippen LogP contribution in [0, 0.1) is 0 Å². The molecule has 0 heterocycles. The number of nitrogens with zero attached hydrogens (tertiary/aromatic N) is 1. The van der Waals surface area contributed by atoms with Crippen LogP contribution in [0.4, 0.5) is 0 Å². The molecule has 2 N–H and O–H groups in total. The lowest BCUT2D eigenvalue weighted by molar-refractivity contribution is 0.178. The molecule has 0 aliphatic heterocycles. The Hall–Kier alpha value is -1.33. The largest absolute Gasteiger partial charge is 0.493 e. The van der Waals surface area contributed by atoms with Crippen molar-refractivity contribution in [2.24, 2.45) is 5.73 Å². The summed E-state index contributed by atoms with van der Waals surface area (Å²) < 4.78 is 11.1. The molecule has 0 radical (unpaired) electrons. The third-order valence-electron chi connectivity index (χ3n) is 3.91. The molecule has 0 aromatic heterocycles. The van der Waals surface area contributed by atoms with E-state index in [0.29, 0.717) is 24.2 Å². The molecule has 0 atom stereocenters. The van der Waals surface area contributed by atoms with Crippen molar-refractivity contribution in [1.82, 2.24) is 4.90 Å². The number of rotatable bonds is 8. The number of methoxy groups -OCH3 is 1. The van der Waals surface area contributed by atoms with E-state index in [-0.39, 0.29) is 0 Å². The summed E-state index contributed by atoms with van der Waals surface area (Å²) in [5.74, 6) is 1.54. The molecule has 1 aliphatic carbocycles. The summed E-state index contributed by atoms with van der Waals surface area (Å²) in [4.78, 5) is 2.91. The van der Waals surface area contributed by atoms with Crippen LogP contribution in [0.5, 0.6) is 11.5 Å². The molecule has 0 bridgehead atoms. The van der Waals surface area contributed by atoms with Gasteiger partial charge in [-0.1, -0.05) is 37.2 Å². The first kappa shape index (κ1) is 16.0. The standard InChI is InChI=1S/C16H24N2O2S/c1-19-14-8-4-5-9-15(14)20-11-10-18(12-16(17)21)13-6-2-3-7-13/h4-5,8-9,13H,2-3,6-7,10-12H2,1H3,(H2,17,21). The molecule has 0 amide bonds.